The number of hydrogen-bond acceptors (Lipinski definition) is 4. The molecule has 0 bridgehead atoms. The highest BCUT2D eigenvalue weighted by Gasteiger charge is 2.10. The zero-order valence-electron chi connectivity index (χ0n) is 13.3. The fraction of sp³-hybridized carbons (Fsp3) is 0.235. The fourth-order valence-corrected chi connectivity index (χ4v) is 3.38. The first-order chi connectivity index (χ1) is 11.0. The molecule has 0 fully saturated rings. The monoisotopic (exact) mass is 394 g/mol. The number of nitrogens with zero attached hydrogens (tertiary/aromatic N) is 1. The summed E-state index contributed by atoms with van der Waals surface area (Å²) in [6.45, 7) is 2.03. The first kappa shape index (κ1) is 17.7. The SMILES string of the molecule is COc1cc(Br)c(CSC(N)=Nc2cccc(C)c2)cc1OC. The van der Waals surface area contributed by atoms with Gasteiger partial charge in [0.15, 0.2) is 16.7 Å². The van der Waals surface area contributed by atoms with Crippen LogP contribution in [0.3, 0.4) is 0 Å². The van der Waals surface area contributed by atoms with Crippen LogP contribution in [0.4, 0.5) is 5.69 Å². The molecule has 6 heteroatoms. The first-order valence-electron chi connectivity index (χ1n) is 6.97. The van der Waals surface area contributed by atoms with E-state index in [1.807, 2.05) is 43.3 Å². The fourth-order valence-electron chi connectivity index (χ4n) is 2.02. The van der Waals surface area contributed by atoms with Gasteiger partial charge in [-0.2, -0.15) is 0 Å². The highest BCUT2D eigenvalue weighted by Crippen LogP contribution is 2.35. The van der Waals surface area contributed by atoms with Crippen LogP contribution >= 0.6 is 27.7 Å². The van der Waals surface area contributed by atoms with Gasteiger partial charge in [-0.05, 0) is 42.3 Å². The van der Waals surface area contributed by atoms with Crippen LogP contribution in [0.5, 0.6) is 11.5 Å². The first-order valence-corrected chi connectivity index (χ1v) is 8.75. The van der Waals surface area contributed by atoms with E-state index in [0.717, 1.165) is 21.3 Å². The highest BCUT2D eigenvalue weighted by atomic mass is 79.9. The lowest BCUT2D eigenvalue weighted by Gasteiger charge is -2.11. The molecule has 122 valence electrons. The van der Waals surface area contributed by atoms with Crippen LogP contribution in [-0.4, -0.2) is 19.4 Å². The Morgan fingerprint density at radius 1 is 1.17 bits per heavy atom. The standard InChI is InChI=1S/C17H19BrN2O2S/c1-11-5-4-6-13(7-11)20-17(19)23-10-12-8-15(21-2)16(22-3)9-14(12)18/h4-9H,10H2,1-3H3,(H2,19,20). The molecule has 0 saturated carbocycles. The number of nitrogens with two attached hydrogens (primary N) is 1. The Morgan fingerprint density at radius 2 is 1.87 bits per heavy atom. The molecule has 0 radical (unpaired) electrons. The van der Waals surface area contributed by atoms with E-state index in [9.17, 15) is 0 Å². The van der Waals surface area contributed by atoms with Gasteiger partial charge in [-0.25, -0.2) is 4.99 Å². The van der Waals surface area contributed by atoms with E-state index in [2.05, 4.69) is 20.9 Å². The van der Waals surface area contributed by atoms with Gasteiger partial charge in [-0.1, -0.05) is 39.8 Å². The number of methoxy groups -OCH3 is 2. The average molecular weight is 395 g/mol. The normalized spacial score (nSPS) is 11.4. The number of halogens is 1. The summed E-state index contributed by atoms with van der Waals surface area (Å²) < 4.78 is 11.6. The Balaban J connectivity index is 2.11. The molecule has 2 rings (SSSR count). The van der Waals surface area contributed by atoms with Gasteiger partial charge in [0.05, 0.1) is 19.9 Å². The minimum Gasteiger partial charge on any atom is -0.493 e. The van der Waals surface area contributed by atoms with Crippen LogP contribution in [-0.2, 0) is 5.75 Å². The minimum absolute atomic E-state index is 0.525. The van der Waals surface area contributed by atoms with E-state index >= 15 is 0 Å². The number of hydrogen-bond donors (Lipinski definition) is 1. The summed E-state index contributed by atoms with van der Waals surface area (Å²) in [7, 11) is 3.24. The molecular formula is C17H19BrN2O2S. The van der Waals surface area contributed by atoms with Crippen molar-refractivity contribution >= 4 is 38.5 Å². The third kappa shape index (κ3) is 4.91. The lowest BCUT2D eigenvalue weighted by Crippen LogP contribution is -2.06. The molecule has 0 amide bonds. The number of benzene rings is 2. The lowest BCUT2D eigenvalue weighted by atomic mass is 10.2. The van der Waals surface area contributed by atoms with Crippen molar-refractivity contribution in [3.63, 3.8) is 0 Å². The molecule has 0 aliphatic heterocycles. The molecule has 4 nitrogen and oxygen atoms in total. The van der Waals surface area contributed by atoms with Crippen molar-refractivity contribution in [1.82, 2.24) is 0 Å². The summed E-state index contributed by atoms with van der Waals surface area (Å²) in [6.07, 6.45) is 0. The summed E-state index contributed by atoms with van der Waals surface area (Å²) in [5.41, 5.74) is 9.11. The second kappa shape index (κ2) is 8.26. The van der Waals surface area contributed by atoms with Gasteiger partial charge in [0.25, 0.3) is 0 Å². The highest BCUT2D eigenvalue weighted by molar-refractivity contribution is 9.10. The molecule has 0 atom stereocenters. The number of rotatable bonds is 5. The number of ether oxygens (including phenoxy) is 2. The smallest absolute Gasteiger partial charge is 0.161 e. The van der Waals surface area contributed by atoms with E-state index in [1.165, 1.54) is 11.8 Å². The molecule has 0 saturated heterocycles. The Hall–Kier alpha value is -1.66. The summed E-state index contributed by atoms with van der Waals surface area (Å²) in [5.74, 6) is 2.07. The number of aryl methyl sites for hydroxylation is 1. The van der Waals surface area contributed by atoms with Crippen molar-refractivity contribution in [2.75, 3.05) is 14.2 Å². The molecule has 0 aliphatic carbocycles. The third-order valence-electron chi connectivity index (χ3n) is 3.17. The van der Waals surface area contributed by atoms with Crippen LogP contribution in [0.25, 0.3) is 0 Å². The quantitative estimate of drug-likeness (QED) is 0.591. The Morgan fingerprint density at radius 3 is 2.52 bits per heavy atom. The Bertz CT molecular complexity index is 720. The van der Waals surface area contributed by atoms with E-state index in [1.54, 1.807) is 14.2 Å². The van der Waals surface area contributed by atoms with Crippen LogP contribution in [0.1, 0.15) is 11.1 Å². The molecule has 2 N–H and O–H groups in total. The zero-order chi connectivity index (χ0) is 16.8. The van der Waals surface area contributed by atoms with E-state index < -0.39 is 0 Å². The lowest BCUT2D eigenvalue weighted by molar-refractivity contribution is 0.354. The van der Waals surface area contributed by atoms with Gasteiger partial charge in [0.2, 0.25) is 0 Å². The summed E-state index contributed by atoms with van der Waals surface area (Å²) >= 11 is 5.03. The summed E-state index contributed by atoms with van der Waals surface area (Å²) in [6, 6.07) is 11.8. The Kier molecular flexibility index (Phi) is 6.36. The predicted octanol–water partition coefficient (Wildman–Crippen LogP) is 4.65. The van der Waals surface area contributed by atoms with Gasteiger partial charge in [0, 0.05) is 10.2 Å². The van der Waals surface area contributed by atoms with Crippen LogP contribution < -0.4 is 15.2 Å². The molecule has 23 heavy (non-hydrogen) atoms. The second-order valence-corrected chi connectivity index (χ2v) is 6.73. The van der Waals surface area contributed by atoms with Crippen molar-refractivity contribution in [3.8, 4) is 11.5 Å². The molecule has 0 aliphatic rings. The number of amidine groups is 1. The maximum Gasteiger partial charge on any atom is 0.161 e. The molecule has 2 aromatic carbocycles. The predicted molar refractivity (Wildman–Crippen MR) is 101 cm³/mol. The minimum atomic E-state index is 0.525. The van der Waals surface area contributed by atoms with Crippen molar-refractivity contribution in [3.05, 3.63) is 52.0 Å². The van der Waals surface area contributed by atoms with Gasteiger partial charge < -0.3 is 15.2 Å². The number of thioether (sulfide) groups is 1. The van der Waals surface area contributed by atoms with Crippen LogP contribution in [0.15, 0.2) is 45.9 Å². The maximum atomic E-state index is 6.02. The molecule has 2 aromatic rings. The molecule has 0 spiro atoms. The topological polar surface area (TPSA) is 56.8 Å². The molecule has 0 aromatic heterocycles. The van der Waals surface area contributed by atoms with Crippen LogP contribution in [0, 0.1) is 6.92 Å². The molecular weight excluding hydrogens is 376 g/mol. The van der Waals surface area contributed by atoms with Crippen molar-refractivity contribution in [2.45, 2.75) is 12.7 Å². The summed E-state index contributed by atoms with van der Waals surface area (Å²) in [4.78, 5) is 4.43. The molecule has 0 unspecified atom stereocenters. The Labute approximate surface area is 149 Å². The van der Waals surface area contributed by atoms with E-state index in [-0.39, 0.29) is 0 Å². The maximum absolute atomic E-state index is 6.02. The number of aliphatic imine (C=N–C) groups is 1. The van der Waals surface area contributed by atoms with Crippen molar-refractivity contribution in [2.24, 2.45) is 10.7 Å². The zero-order valence-corrected chi connectivity index (χ0v) is 15.7. The van der Waals surface area contributed by atoms with Crippen molar-refractivity contribution < 1.29 is 9.47 Å². The van der Waals surface area contributed by atoms with E-state index in [0.29, 0.717) is 22.4 Å². The largest absolute Gasteiger partial charge is 0.493 e. The van der Waals surface area contributed by atoms with Crippen molar-refractivity contribution in [1.29, 1.82) is 0 Å². The van der Waals surface area contributed by atoms with E-state index in [4.69, 9.17) is 15.2 Å². The third-order valence-corrected chi connectivity index (χ3v) is 4.75. The van der Waals surface area contributed by atoms with Gasteiger partial charge >= 0.3 is 0 Å². The van der Waals surface area contributed by atoms with Gasteiger partial charge in [-0.3, -0.25) is 0 Å². The average Bonchev–Trinajstić information content (AvgIpc) is 2.53. The van der Waals surface area contributed by atoms with Crippen LogP contribution in [0.2, 0.25) is 0 Å². The summed E-state index contributed by atoms with van der Waals surface area (Å²) in [5, 5.41) is 0.525. The van der Waals surface area contributed by atoms with Gasteiger partial charge in [0.1, 0.15) is 0 Å². The second-order valence-electron chi connectivity index (χ2n) is 4.88. The van der Waals surface area contributed by atoms with Gasteiger partial charge in [-0.15, -0.1) is 0 Å². The molecule has 0 heterocycles.